The monoisotopic (exact) mass is 830 g/mol. The Kier molecular flexibility index (Phi) is 12.3. The number of nitrogens with zero attached hydrogens (tertiary/aromatic N) is 6. The molecular formula is C46H50N6O9. The molecule has 1 aliphatic carbocycles. The van der Waals surface area contributed by atoms with E-state index in [4.69, 9.17) is 23.8 Å². The summed E-state index contributed by atoms with van der Waals surface area (Å²) >= 11 is 0. The molecule has 15 heteroatoms. The number of para-hydroxylation sites is 1. The fraction of sp³-hybridized carbons (Fsp3) is 0.391. The third-order valence-corrected chi connectivity index (χ3v) is 11.8. The average molecular weight is 831 g/mol. The lowest BCUT2D eigenvalue weighted by molar-refractivity contribution is -0.257. The first-order valence-electron chi connectivity index (χ1n) is 20.7. The van der Waals surface area contributed by atoms with Crippen molar-refractivity contribution in [1.29, 1.82) is 0 Å². The molecule has 0 spiro atoms. The number of aryl methyl sites for hydroxylation is 1. The molecule has 4 atom stereocenters. The number of ether oxygens (including phenoxy) is 4. The summed E-state index contributed by atoms with van der Waals surface area (Å²) in [5.74, 6) is -0.427. The summed E-state index contributed by atoms with van der Waals surface area (Å²) < 4.78 is 24.9. The minimum atomic E-state index is -0.997. The third kappa shape index (κ3) is 9.08. The third-order valence-electron chi connectivity index (χ3n) is 11.8. The van der Waals surface area contributed by atoms with Crippen LogP contribution in [-0.2, 0) is 51.8 Å². The largest absolute Gasteiger partial charge is 0.458 e. The van der Waals surface area contributed by atoms with Crippen LogP contribution < -0.4 is 9.96 Å². The first kappa shape index (κ1) is 41.4. The maximum absolute atomic E-state index is 14.2. The Balaban J connectivity index is 0.908. The van der Waals surface area contributed by atoms with Gasteiger partial charge in [0.15, 0.2) is 12.4 Å². The van der Waals surface area contributed by atoms with Crippen LogP contribution in [0.25, 0.3) is 22.0 Å². The Morgan fingerprint density at radius 1 is 0.885 bits per heavy atom. The predicted molar refractivity (Wildman–Crippen MR) is 225 cm³/mol. The molecule has 15 nitrogen and oxygen atoms in total. The zero-order chi connectivity index (χ0) is 42.6. The molecule has 2 aliphatic heterocycles. The van der Waals surface area contributed by atoms with Crippen LogP contribution in [0.2, 0.25) is 0 Å². The van der Waals surface area contributed by atoms with Crippen LogP contribution in [0.1, 0.15) is 62.6 Å². The minimum absolute atomic E-state index is 0.0146. The number of rotatable bonds is 13. The van der Waals surface area contributed by atoms with Crippen LogP contribution in [0.5, 0.6) is 0 Å². The molecule has 0 bridgehead atoms. The van der Waals surface area contributed by atoms with Gasteiger partial charge in [0.25, 0.3) is 0 Å². The summed E-state index contributed by atoms with van der Waals surface area (Å²) in [4.78, 5) is 68.7. The average Bonchev–Trinajstić information content (AvgIpc) is 3.76. The van der Waals surface area contributed by atoms with Crippen molar-refractivity contribution in [3.63, 3.8) is 0 Å². The van der Waals surface area contributed by atoms with Gasteiger partial charge in [-0.25, -0.2) is 19.6 Å². The highest BCUT2D eigenvalue weighted by molar-refractivity contribution is 5.84. The van der Waals surface area contributed by atoms with E-state index in [2.05, 4.69) is 62.0 Å². The topological polar surface area (TPSA) is 155 Å². The van der Waals surface area contributed by atoms with Crippen LogP contribution >= 0.6 is 0 Å². The number of fused-ring (bicyclic) bond motifs is 4. The summed E-state index contributed by atoms with van der Waals surface area (Å²) in [5, 5.41) is 2.06. The summed E-state index contributed by atoms with van der Waals surface area (Å²) in [6, 6.07) is 24.9. The van der Waals surface area contributed by atoms with Crippen molar-refractivity contribution in [3.8, 4) is 11.1 Å². The van der Waals surface area contributed by atoms with Gasteiger partial charge in [-0.15, -0.1) is 0 Å². The van der Waals surface area contributed by atoms with E-state index < -0.39 is 36.5 Å². The molecule has 5 aromatic rings. The normalized spacial score (nSPS) is 20.1. The Morgan fingerprint density at radius 3 is 2.18 bits per heavy atom. The van der Waals surface area contributed by atoms with Gasteiger partial charge in [-0.1, -0.05) is 66.7 Å². The summed E-state index contributed by atoms with van der Waals surface area (Å²) in [5.41, 5.74) is 7.14. The summed E-state index contributed by atoms with van der Waals surface area (Å²) in [7, 11) is 2.02. The van der Waals surface area contributed by atoms with E-state index in [1.807, 2.05) is 48.3 Å². The van der Waals surface area contributed by atoms with Gasteiger partial charge in [-0.3, -0.25) is 14.4 Å². The van der Waals surface area contributed by atoms with Crippen LogP contribution in [0.3, 0.4) is 0 Å². The zero-order valence-electron chi connectivity index (χ0n) is 34.7. The van der Waals surface area contributed by atoms with Crippen molar-refractivity contribution < 1.29 is 43.0 Å². The van der Waals surface area contributed by atoms with E-state index in [-0.39, 0.29) is 36.6 Å². The lowest BCUT2D eigenvalue weighted by Crippen LogP contribution is -2.52. The molecule has 0 saturated carbocycles. The van der Waals surface area contributed by atoms with Crippen molar-refractivity contribution in [2.24, 2.45) is 13.0 Å². The van der Waals surface area contributed by atoms with Crippen molar-refractivity contribution in [2.45, 2.75) is 77.1 Å². The van der Waals surface area contributed by atoms with Crippen LogP contribution in [0.15, 0.2) is 91.4 Å². The first-order chi connectivity index (χ1) is 29.6. The van der Waals surface area contributed by atoms with Gasteiger partial charge in [-0.2, -0.15) is 5.06 Å². The molecule has 2 aromatic heterocycles. The highest BCUT2D eigenvalue weighted by atomic mass is 16.8. The fourth-order valence-corrected chi connectivity index (χ4v) is 8.90. The molecule has 2 fully saturated rings. The predicted octanol–water partition coefficient (Wildman–Crippen LogP) is 6.53. The lowest BCUT2D eigenvalue weighted by Gasteiger charge is -2.39. The Morgan fingerprint density at radius 2 is 1.52 bits per heavy atom. The lowest BCUT2D eigenvalue weighted by atomic mass is 9.96. The summed E-state index contributed by atoms with van der Waals surface area (Å²) in [6.45, 7) is 6.71. The van der Waals surface area contributed by atoms with E-state index >= 15 is 0 Å². The van der Waals surface area contributed by atoms with Crippen LogP contribution in [0.4, 0.5) is 16.4 Å². The number of hydrogen-bond acceptors (Lipinski definition) is 12. The second-order valence-corrected chi connectivity index (χ2v) is 15.9. The van der Waals surface area contributed by atoms with Gasteiger partial charge in [-0.05, 0) is 59.6 Å². The molecule has 3 aliphatic rings. The smallest absolute Gasteiger partial charge is 0.410 e. The van der Waals surface area contributed by atoms with Gasteiger partial charge in [0.2, 0.25) is 12.4 Å². The number of hydrogen-bond donors (Lipinski definition) is 0. The fourth-order valence-electron chi connectivity index (χ4n) is 8.90. The number of anilines is 2. The van der Waals surface area contributed by atoms with Crippen molar-refractivity contribution in [3.05, 3.63) is 108 Å². The quantitative estimate of drug-likeness (QED) is 0.0549. The molecule has 0 radical (unpaired) electrons. The minimum Gasteiger partial charge on any atom is -0.458 e. The highest BCUT2D eigenvalue weighted by Crippen LogP contribution is 2.44. The van der Waals surface area contributed by atoms with Crippen LogP contribution in [0, 0.1) is 5.92 Å². The maximum atomic E-state index is 14.2. The number of amides is 2. The van der Waals surface area contributed by atoms with Gasteiger partial charge in [0.1, 0.15) is 18.4 Å². The SMILES string of the molecule is CC(=O)OC1CC(ON(C=O)c2cnc(N3CCC(CN(Cc4cn(C)c5ccccc45)C(=O)OCC4c5ccccc5-c5ccccc54)CC3)nc2)OC(C)C1OC(C)=O. The molecule has 61 heavy (non-hydrogen) atoms. The second kappa shape index (κ2) is 18.1. The van der Waals surface area contributed by atoms with E-state index in [9.17, 15) is 19.2 Å². The number of benzene rings is 3. The molecule has 3 aromatic carbocycles. The van der Waals surface area contributed by atoms with Gasteiger partial charge in [0.05, 0.1) is 25.0 Å². The molecule has 4 unspecified atom stereocenters. The molecular weight excluding hydrogens is 781 g/mol. The van der Waals surface area contributed by atoms with E-state index in [0.29, 0.717) is 38.5 Å². The van der Waals surface area contributed by atoms with Crippen molar-refractivity contribution in [1.82, 2.24) is 19.4 Å². The van der Waals surface area contributed by atoms with Gasteiger partial charge >= 0.3 is 18.0 Å². The molecule has 2 amide bonds. The maximum Gasteiger partial charge on any atom is 0.410 e. The molecule has 0 N–H and O–H groups in total. The molecule has 2 saturated heterocycles. The highest BCUT2D eigenvalue weighted by Gasteiger charge is 2.42. The van der Waals surface area contributed by atoms with E-state index in [1.54, 1.807) is 6.92 Å². The Labute approximate surface area is 354 Å². The second-order valence-electron chi connectivity index (χ2n) is 15.9. The van der Waals surface area contributed by atoms with Gasteiger partial charge < -0.3 is 33.3 Å². The standard InChI is InChI=1S/C46H50N6O9/c1-29-44(60-31(3)55)42(59-30(2)54)21-43(58-29)61-52(28-53)34-22-47-45(48-23-34)50-19-17-32(18-20-50)24-51(26-33-25-49(4)41-16-10-9-11-35(33)41)46(56)57-27-40-38-14-7-5-12-36(38)37-13-6-8-15-39(37)40/h5-16,22-23,25,28-29,32,40,42-44H,17-21,24,26-27H2,1-4H3. The number of carbonyl (C=O) groups excluding carboxylic acids is 4. The number of piperidine rings is 1. The van der Waals surface area contributed by atoms with Crippen molar-refractivity contribution >= 4 is 47.0 Å². The molecule has 4 heterocycles. The van der Waals surface area contributed by atoms with E-state index in [1.165, 1.54) is 48.5 Å². The number of carbonyl (C=O) groups is 4. The van der Waals surface area contributed by atoms with Crippen molar-refractivity contribution in [2.75, 3.05) is 36.2 Å². The molecule has 318 valence electrons. The van der Waals surface area contributed by atoms with Crippen LogP contribution in [-0.4, -0.2) is 94.7 Å². The number of esters is 2. The Bertz CT molecular complexity index is 2330. The molecule has 8 rings (SSSR count). The summed E-state index contributed by atoms with van der Waals surface area (Å²) in [6.07, 6.45) is 3.46. The first-order valence-corrected chi connectivity index (χ1v) is 20.7. The number of hydroxylamine groups is 1. The Hall–Kier alpha value is -6.32. The van der Waals surface area contributed by atoms with E-state index in [0.717, 1.165) is 34.4 Å². The van der Waals surface area contributed by atoms with Gasteiger partial charge in [0, 0.05) is 70.0 Å². The zero-order valence-corrected chi connectivity index (χ0v) is 34.7. The number of aromatic nitrogens is 3.